The van der Waals surface area contributed by atoms with Crippen LogP contribution in [0.15, 0.2) is 6.07 Å². The fourth-order valence-corrected chi connectivity index (χ4v) is 2.21. The van der Waals surface area contributed by atoms with Crippen molar-refractivity contribution in [2.24, 2.45) is 5.84 Å². The van der Waals surface area contributed by atoms with Gasteiger partial charge in [0, 0.05) is 39.2 Å². The molecule has 7 heteroatoms. The van der Waals surface area contributed by atoms with Crippen molar-refractivity contribution in [1.29, 1.82) is 0 Å². The quantitative estimate of drug-likeness (QED) is 0.505. The molecule has 112 valence electrons. The van der Waals surface area contributed by atoms with Crippen LogP contribution in [0.4, 0.5) is 11.6 Å². The summed E-state index contributed by atoms with van der Waals surface area (Å²) in [4.78, 5) is 8.80. The highest BCUT2D eigenvalue weighted by Gasteiger charge is 2.34. The predicted octanol–water partition coefficient (Wildman–Crippen LogP) is 0.932. The number of nitrogens with zero attached hydrogens (tertiary/aromatic N) is 2. The summed E-state index contributed by atoms with van der Waals surface area (Å²) in [5.74, 6) is 7.58. The van der Waals surface area contributed by atoms with E-state index in [1.807, 2.05) is 0 Å². The molecule has 2 rings (SSSR count). The van der Waals surface area contributed by atoms with Crippen LogP contribution in [0.3, 0.4) is 0 Å². The van der Waals surface area contributed by atoms with Gasteiger partial charge in [0.25, 0.3) is 0 Å². The van der Waals surface area contributed by atoms with Gasteiger partial charge in [-0.25, -0.2) is 15.8 Å². The number of rotatable bonds is 7. The molecule has 1 aliphatic rings. The molecular weight excluding hydrogens is 258 g/mol. The largest absolute Gasteiger partial charge is 0.378 e. The lowest BCUT2D eigenvalue weighted by atomic mass is 10.0. The molecule has 0 aromatic carbocycles. The van der Waals surface area contributed by atoms with Crippen LogP contribution in [0.1, 0.15) is 25.6 Å². The maximum Gasteiger partial charge on any atom is 0.145 e. The Labute approximate surface area is 119 Å². The Morgan fingerprint density at radius 2 is 2.25 bits per heavy atom. The van der Waals surface area contributed by atoms with Gasteiger partial charge in [-0.1, -0.05) is 6.92 Å². The lowest BCUT2D eigenvalue weighted by Crippen LogP contribution is -2.39. The number of ether oxygens (including phenoxy) is 2. The molecule has 1 aromatic rings. The molecule has 1 fully saturated rings. The molecule has 7 nitrogen and oxygen atoms in total. The molecule has 0 bridgehead atoms. The van der Waals surface area contributed by atoms with Gasteiger partial charge in [0.2, 0.25) is 0 Å². The molecule has 0 amide bonds. The SMILES string of the molecule is CCCc1nc(NN)cc(NCC2(OC)CCOC2)n1. The van der Waals surface area contributed by atoms with Crippen molar-refractivity contribution in [3.63, 3.8) is 0 Å². The molecule has 1 aliphatic heterocycles. The van der Waals surface area contributed by atoms with Crippen molar-refractivity contribution in [3.8, 4) is 0 Å². The number of nitrogen functional groups attached to an aromatic ring is 1. The lowest BCUT2D eigenvalue weighted by Gasteiger charge is -2.26. The second kappa shape index (κ2) is 6.83. The van der Waals surface area contributed by atoms with Crippen molar-refractivity contribution < 1.29 is 9.47 Å². The summed E-state index contributed by atoms with van der Waals surface area (Å²) in [6, 6.07) is 1.79. The van der Waals surface area contributed by atoms with E-state index in [-0.39, 0.29) is 5.60 Å². The Hall–Kier alpha value is -1.44. The van der Waals surface area contributed by atoms with Gasteiger partial charge < -0.3 is 20.2 Å². The van der Waals surface area contributed by atoms with Crippen LogP contribution in [-0.2, 0) is 15.9 Å². The highest BCUT2D eigenvalue weighted by molar-refractivity contribution is 5.47. The number of hydrazine groups is 1. The maximum atomic E-state index is 5.58. The topological polar surface area (TPSA) is 94.3 Å². The van der Waals surface area contributed by atoms with E-state index < -0.39 is 0 Å². The molecule has 1 atom stereocenters. The Bertz CT molecular complexity index is 435. The van der Waals surface area contributed by atoms with Crippen molar-refractivity contribution in [2.45, 2.75) is 31.8 Å². The van der Waals surface area contributed by atoms with Gasteiger partial charge >= 0.3 is 0 Å². The normalized spacial score (nSPS) is 21.9. The first-order valence-electron chi connectivity index (χ1n) is 6.93. The average Bonchev–Trinajstić information content (AvgIpc) is 2.95. The minimum Gasteiger partial charge on any atom is -0.378 e. The van der Waals surface area contributed by atoms with Crippen LogP contribution < -0.4 is 16.6 Å². The first kappa shape index (κ1) is 15.0. The smallest absolute Gasteiger partial charge is 0.145 e. The van der Waals surface area contributed by atoms with Crippen LogP contribution in [0.2, 0.25) is 0 Å². The minimum absolute atomic E-state index is 0.272. The van der Waals surface area contributed by atoms with Gasteiger partial charge in [-0.2, -0.15) is 0 Å². The first-order chi connectivity index (χ1) is 9.71. The molecule has 0 saturated carbocycles. The van der Waals surface area contributed by atoms with E-state index in [0.717, 1.165) is 37.5 Å². The number of hydrogen-bond acceptors (Lipinski definition) is 7. The van der Waals surface area contributed by atoms with Crippen LogP contribution in [0.5, 0.6) is 0 Å². The third-order valence-electron chi connectivity index (χ3n) is 3.49. The molecule has 0 spiro atoms. The van der Waals surface area contributed by atoms with Gasteiger partial charge in [-0.15, -0.1) is 0 Å². The number of aromatic nitrogens is 2. The summed E-state index contributed by atoms with van der Waals surface area (Å²) < 4.78 is 11.0. The van der Waals surface area contributed by atoms with E-state index in [9.17, 15) is 0 Å². The van der Waals surface area contributed by atoms with Gasteiger partial charge in [-0.3, -0.25) is 0 Å². The molecule has 1 unspecified atom stereocenters. The molecule has 2 heterocycles. The van der Waals surface area contributed by atoms with Gasteiger partial charge in [0.1, 0.15) is 23.1 Å². The molecule has 1 saturated heterocycles. The highest BCUT2D eigenvalue weighted by Crippen LogP contribution is 2.23. The van der Waals surface area contributed by atoms with Crippen LogP contribution >= 0.6 is 0 Å². The van der Waals surface area contributed by atoms with Crippen molar-refractivity contribution >= 4 is 11.6 Å². The van der Waals surface area contributed by atoms with E-state index in [1.54, 1.807) is 13.2 Å². The average molecular weight is 281 g/mol. The standard InChI is InChI=1S/C13H23N5O2/c1-3-4-10-16-11(7-12(17-10)18-14)15-8-13(19-2)5-6-20-9-13/h7H,3-6,8-9,14H2,1-2H3,(H2,15,16,17,18). The number of nitrogens with two attached hydrogens (primary N) is 1. The van der Waals surface area contributed by atoms with Crippen molar-refractivity contribution in [3.05, 3.63) is 11.9 Å². The minimum atomic E-state index is -0.272. The van der Waals surface area contributed by atoms with E-state index >= 15 is 0 Å². The summed E-state index contributed by atoms with van der Waals surface area (Å²) in [7, 11) is 1.71. The molecule has 20 heavy (non-hydrogen) atoms. The third-order valence-corrected chi connectivity index (χ3v) is 3.49. The van der Waals surface area contributed by atoms with E-state index in [2.05, 4.69) is 27.6 Å². The van der Waals surface area contributed by atoms with Crippen molar-refractivity contribution in [1.82, 2.24) is 9.97 Å². The molecule has 4 N–H and O–H groups in total. The Kier molecular flexibility index (Phi) is 5.11. The molecule has 0 radical (unpaired) electrons. The summed E-state index contributed by atoms with van der Waals surface area (Å²) >= 11 is 0. The molecule has 0 aliphatic carbocycles. The summed E-state index contributed by atoms with van der Waals surface area (Å²) in [6.45, 7) is 4.08. The zero-order chi connectivity index (χ0) is 14.4. The molecular formula is C13H23N5O2. The molecule has 1 aromatic heterocycles. The zero-order valence-electron chi connectivity index (χ0n) is 12.1. The monoisotopic (exact) mass is 281 g/mol. The number of nitrogens with one attached hydrogen (secondary N) is 2. The summed E-state index contributed by atoms with van der Waals surface area (Å²) in [6.07, 6.45) is 2.69. The van der Waals surface area contributed by atoms with Crippen LogP contribution in [-0.4, -0.2) is 42.4 Å². The Morgan fingerprint density at radius 1 is 1.45 bits per heavy atom. The highest BCUT2D eigenvalue weighted by atomic mass is 16.5. The predicted molar refractivity (Wildman–Crippen MR) is 77.5 cm³/mol. The fraction of sp³-hybridized carbons (Fsp3) is 0.692. The zero-order valence-corrected chi connectivity index (χ0v) is 12.1. The van der Waals surface area contributed by atoms with Gasteiger partial charge in [-0.05, 0) is 6.42 Å². The summed E-state index contributed by atoms with van der Waals surface area (Å²) in [5.41, 5.74) is 2.30. The number of anilines is 2. The fourth-order valence-electron chi connectivity index (χ4n) is 2.21. The van der Waals surface area contributed by atoms with Crippen LogP contribution in [0, 0.1) is 0 Å². The van der Waals surface area contributed by atoms with Crippen molar-refractivity contribution in [2.75, 3.05) is 37.6 Å². The Balaban J connectivity index is 2.06. The number of methoxy groups -OCH3 is 1. The van der Waals surface area contributed by atoms with Gasteiger partial charge in [0.15, 0.2) is 0 Å². The van der Waals surface area contributed by atoms with Crippen LogP contribution in [0.25, 0.3) is 0 Å². The second-order valence-electron chi connectivity index (χ2n) is 4.99. The summed E-state index contributed by atoms with van der Waals surface area (Å²) in [5, 5.41) is 3.30. The van der Waals surface area contributed by atoms with E-state index in [1.165, 1.54) is 0 Å². The van der Waals surface area contributed by atoms with Gasteiger partial charge in [0.05, 0.1) is 6.61 Å². The lowest BCUT2D eigenvalue weighted by molar-refractivity contribution is -0.00625. The Morgan fingerprint density at radius 3 is 2.85 bits per heavy atom. The van der Waals surface area contributed by atoms with E-state index in [0.29, 0.717) is 19.0 Å². The maximum absolute atomic E-state index is 5.58. The first-order valence-corrected chi connectivity index (χ1v) is 6.93. The van der Waals surface area contributed by atoms with E-state index in [4.69, 9.17) is 15.3 Å². The third kappa shape index (κ3) is 3.56. The number of hydrogen-bond donors (Lipinski definition) is 3. The number of aryl methyl sites for hydroxylation is 1. The second-order valence-corrected chi connectivity index (χ2v) is 4.99.